The van der Waals surface area contributed by atoms with E-state index >= 15 is 0 Å². The summed E-state index contributed by atoms with van der Waals surface area (Å²) in [5.41, 5.74) is 7.91. The number of carbonyl (C=O) groups is 1. The quantitative estimate of drug-likeness (QED) is 0.704. The second-order valence-corrected chi connectivity index (χ2v) is 6.01. The van der Waals surface area contributed by atoms with Crippen molar-refractivity contribution in [2.75, 3.05) is 0 Å². The molecule has 0 aliphatic rings. The Labute approximate surface area is 136 Å². The smallest absolute Gasteiger partial charge is 0.235 e. The first-order valence-corrected chi connectivity index (χ1v) is 7.83. The third-order valence-electron chi connectivity index (χ3n) is 3.30. The standard InChI is InChI=1S/C17H14FN3OS/c18-13-8-6-11(7-9-13)14-10-20-17(21-14)23-15(16(19)22)12-4-2-1-3-5-12/h1-10,15H,(H2,19,22)(H,20,21). The fraction of sp³-hybridized carbons (Fsp3) is 0.0588. The third kappa shape index (κ3) is 3.60. The number of aromatic amines is 1. The molecule has 1 aromatic heterocycles. The minimum Gasteiger partial charge on any atom is -0.368 e. The lowest BCUT2D eigenvalue weighted by atomic mass is 10.1. The van der Waals surface area contributed by atoms with Crippen LogP contribution in [0.2, 0.25) is 0 Å². The molecule has 0 spiro atoms. The van der Waals surface area contributed by atoms with Crippen molar-refractivity contribution in [1.82, 2.24) is 9.97 Å². The number of carbonyl (C=O) groups excluding carboxylic acids is 1. The molecule has 0 aliphatic carbocycles. The maximum Gasteiger partial charge on any atom is 0.235 e. The fourth-order valence-electron chi connectivity index (χ4n) is 2.17. The molecule has 116 valence electrons. The molecular formula is C17H14FN3OS. The number of aromatic nitrogens is 2. The summed E-state index contributed by atoms with van der Waals surface area (Å²) in [6.07, 6.45) is 1.65. The van der Waals surface area contributed by atoms with E-state index in [1.165, 1.54) is 23.9 Å². The first-order valence-electron chi connectivity index (χ1n) is 6.95. The molecule has 0 aliphatic heterocycles. The van der Waals surface area contributed by atoms with Gasteiger partial charge in [0.2, 0.25) is 5.91 Å². The van der Waals surface area contributed by atoms with Crippen molar-refractivity contribution >= 4 is 17.7 Å². The average Bonchev–Trinajstić information content (AvgIpc) is 3.02. The molecule has 23 heavy (non-hydrogen) atoms. The maximum atomic E-state index is 13.0. The van der Waals surface area contributed by atoms with E-state index in [1.54, 1.807) is 18.3 Å². The van der Waals surface area contributed by atoms with Crippen LogP contribution in [0.25, 0.3) is 11.3 Å². The van der Waals surface area contributed by atoms with Crippen molar-refractivity contribution in [3.63, 3.8) is 0 Å². The van der Waals surface area contributed by atoms with Gasteiger partial charge in [-0.3, -0.25) is 4.79 Å². The number of imidazole rings is 1. The summed E-state index contributed by atoms with van der Waals surface area (Å²) >= 11 is 1.25. The molecule has 0 radical (unpaired) electrons. The molecule has 1 atom stereocenters. The number of H-pyrrole nitrogens is 1. The van der Waals surface area contributed by atoms with Crippen LogP contribution in [0.1, 0.15) is 10.8 Å². The predicted molar refractivity (Wildman–Crippen MR) is 88.2 cm³/mol. The molecule has 3 N–H and O–H groups in total. The van der Waals surface area contributed by atoms with Gasteiger partial charge in [-0.25, -0.2) is 9.37 Å². The Morgan fingerprint density at radius 3 is 2.48 bits per heavy atom. The van der Waals surface area contributed by atoms with E-state index in [2.05, 4.69) is 9.97 Å². The van der Waals surface area contributed by atoms with Crippen molar-refractivity contribution in [2.24, 2.45) is 5.73 Å². The summed E-state index contributed by atoms with van der Waals surface area (Å²) in [7, 11) is 0. The Morgan fingerprint density at radius 1 is 1.13 bits per heavy atom. The van der Waals surface area contributed by atoms with Gasteiger partial charge in [-0.15, -0.1) is 0 Å². The molecular weight excluding hydrogens is 313 g/mol. The van der Waals surface area contributed by atoms with Crippen LogP contribution in [0.3, 0.4) is 0 Å². The van der Waals surface area contributed by atoms with Crippen LogP contribution in [0.15, 0.2) is 66.0 Å². The van der Waals surface area contributed by atoms with Crippen LogP contribution in [0, 0.1) is 5.82 Å². The first kappa shape index (κ1) is 15.3. The van der Waals surface area contributed by atoms with Gasteiger partial charge in [0.05, 0.1) is 11.9 Å². The van der Waals surface area contributed by atoms with Crippen molar-refractivity contribution in [3.05, 3.63) is 72.2 Å². The number of nitrogens with zero attached hydrogens (tertiary/aromatic N) is 1. The average molecular weight is 327 g/mol. The molecule has 2 aromatic carbocycles. The number of halogens is 1. The van der Waals surface area contributed by atoms with E-state index < -0.39 is 11.2 Å². The highest BCUT2D eigenvalue weighted by molar-refractivity contribution is 8.00. The highest BCUT2D eigenvalue weighted by Gasteiger charge is 2.20. The second-order valence-electron chi connectivity index (χ2n) is 4.92. The van der Waals surface area contributed by atoms with Crippen LogP contribution in [-0.2, 0) is 4.79 Å². The van der Waals surface area contributed by atoms with E-state index in [-0.39, 0.29) is 5.82 Å². The van der Waals surface area contributed by atoms with Gasteiger partial charge >= 0.3 is 0 Å². The Morgan fingerprint density at radius 2 is 1.83 bits per heavy atom. The zero-order valence-electron chi connectivity index (χ0n) is 12.1. The number of amides is 1. The van der Waals surface area contributed by atoms with E-state index in [9.17, 15) is 9.18 Å². The van der Waals surface area contributed by atoms with Crippen LogP contribution in [-0.4, -0.2) is 15.9 Å². The molecule has 3 rings (SSSR count). The van der Waals surface area contributed by atoms with Crippen LogP contribution < -0.4 is 5.73 Å². The van der Waals surface area contributed by atoms with Crippen LogP contribution in [0.4, 0.5) is 4.39 Å². The predicted octanol–water partition coefficient (Wildman–Crippen LogP) is 3.53. The number of thioether (sulfide) groups is 1. The van der Waals surface area contributed by atoms with E-state index in [4.69, 9.17) is 5.73 Å². The monoisotopic (exact) mass is 327 g/mol. The number of primary amides is 1. The van der Waals surface area contributed by atoms with Gasteiger partial charge in [-0.2, -0.15) is 0 Å². The third-order valence-corrected chi connectivity index (χ3v) is 4.47. The molecule has 1 unspecified atom stereocenters. The minimum atomic E-state index is -0.525. The molecule has 1 amide bonds. The largest absolute Gasteiger partial charge is 0.368 e. The Bertz CT molecular complexity index is 802. The Hall–Kier alpha value is -2.60. The molecule has 0 fully saturated rings. The number of hydrogen-bond acceptors (Lipinski definition) is 3. The molecule has 0 bridgehead atoms. The molecule has 6 heteroatoms. The summed E-state index contributed by atoms with van der Waals surface area (Å²) < 4.78 is 13.0. The van der Waals surface area contributed by atoms with E-state index in [0.717, 1.165) is 16.8 Å². The van der Waals surface area contributed by atoms with Gasteiger partial charge in [-0.1, -0.05) is 42.1 Å². The lowest BCUT2D eigenvalue weighted by Crippen LogP contribution is -2.19. The lowest BCUT2D eigenvalue weighted by Gasteiger charge is -2.11. The van der Waals surface area contributed by atoms with Gasteiger partial charge in [0.1, 0.15) is 11.1 Å². The fourth-order valence-corrected chi connectivity index (χ4v) is 3.08. The lowest BCUT2D eigenvalue weighted by molar-refractivity contribution is -0.117. The van der Waals surface area contributed by atoms with Crippen molar-refractivity contribution in [2.45, 2.75) is 10.4 Å². The maximum absolute atomic E-state index is 13.0. The minimum absolute atomic E-state index is 0.291. The zero-order valence-corrected chi connectivity index (χ0v) is 12.9. The first-order chi connectivity index (χ1) is 11.1. The molecule has 1 heterocycles. The number of rotatable bonds is 5. The second kappa shape index (κ2) is 6.66. The van der Waals surface area contributed by atoms with Crippen molar-refractivity contribution in [1.29, 1.82) is 0 Å². The SMILES string of the molecule is NC(=O)C(Sc1ncc(-c2ccc(F)cc2)[nH]1)c1ccccc1. The van der Waals surface area contributed by atoms with Crippen molar-refractivity contribution in [3.8, 4) is 11.3 Å². The van der Waals surface area contributed by atoms with Gasteiger partial charge in [0.25, 0.3) is 0 Å². The molecule has 0 saturated carbocycles. The van der Waals surface area contributed by atoms with Crippen molar-refractivity contribution < 1.29 is 9.18 Å². The summed E-state index contributed by atoms with van der Waals surface area (Å²) in [4.78, 5) is 19.1. The Kier molecular flexibility index (Phi) is 4.43. The van der Waals surface area contributed by atoms with Crippen LogP contribution >= 0.6 is 11.8 Å². The summed E-state index contributed by atoms with van der Waals surface area (Å²) in [5.74, 6) is -0.721. The molecule has 4 nitrogen and oxygen atoms in total. The molecule has 3 aromatic rings. The van der Waals surface area contributed by atoms with E-state index in [1.807, 2.05) is 30.3 Å². The molecule has 0 saturated heterocycles. The summed E-state index contributed by atoms with van der Waals surface area (Å²) in [5, 5.41) is 0.0559. The number of hydrogen-bond donors (Lipinski definition) is 2. The summed E-state index contributed by atoms with van der Waals surface area (Å²) in [6.45, 7) is 0. The highest BCUT2D eigenvalue weighted by atomic mass is 32.2. The zero-order chi connectivity index (χ0) is 16.2. The number of benzene rings is 2. The van der Waals surface area contributed by atoms with Gasteiger partial charge in [0, 0.05) is 0 Å². The number of nitrogens with two attached hydrogens (primary N) is 1. The van der Waals surface area contributed by atoms with Gasteiger partial charge in [-0.05, 0) is 35.4 Å². The topological polar surface area (TPSA) is 71.8 Å². The summed E-state index contributed by atoms with van der Waals surface area (Å²) in [6, 6.07) is 15.4. The van der Waals surface area contributed by atoms with E-state index in [0.29, 0.717) is 5.16 Å². The van der Waals surface area contributed by atoms with Crippen LogP contribution in [0.5, 0.6) is 0 Å². The van der Waals surface area contributed by atoms with Gasteiger partial charge < -0.3 is 10.7 Å². The van der Waals surface area contributed by atoms with Gasteiger partial charge in [0.15, 0.2) is 5.16 Å². The highest BCUT2D eigenvalue weighted by Crippen LogP contribution is 2.34. The number of nitrogens with one attached hydrogen (secondary N) is 1. The normalized spacial score (nSPS) is 12.0. The Balaban J connectivity index is 1.82.